The number of ether oxygens (including phenoxy) is 1. The number of hydrogen-bond donors (Lipinski definition) is 2. The number of carbonyl (C=O) groups is 1. The van der Waals surface area contributed by atoms with Crippen LogP contribution in [0, 0.1) is 6.92 Å². The molecule has 0 atom stereocenters. The van der Waals surface area contributed by atoms with Gasteiger partial charge in [-0.05, 0) is 51.7 Å². The highest BCUT2D eigenvalue weighted by atomic mass is 79.9. The van der Waals surface area contributed by atoms with Crippen LogP contribution in [-0.2, 0) is 17.8 Å². The maximum absolute atomic E-state index is 11.4. The molecule has 0 aliphatic rings. The van der Waals surface area contributed by atoms with E-state index >= 15 is 0 Å². The first kappa shape index (κ1) is 15.5. The first-order valence-electron chi connectivity index (χ1n) is 6.55. The van der Waals surface area contributed by atoms with Gasteiger partial charge in [-0.3, -0.25) is 10.2 Å². The van der Waals surface area contributed by atoms with E-state index in [1.165, 1.54) is 0 Å². The van der Waals surface area contributed by atoms with Crippen LogP contribution in [0.1, 0.15) is 16.7 Å². The van der Waals surface area contributed by atoms with Crippen molar-refractivity contribution < 1.29 is 9.53 Å². The van der Waals surface area contributed by atoms with Crippen molar-refractivity contribution in [3.63, 3.8) is 0 Å². The number of nitrogens with two attached hydrogens (primary N) is 1. The molecule has 1 amide bonds. The molecule has 0 aromatic heterocycles. The van der Waals surface area contributed by atoms with E-state index in [9.17, 15) is 4.79 Å². The fraction of sp³-hybridized carbons (Fsp3) is 0.188. The Balaban J connectivity index is 2.11. The van der Waals surface area contributed by atoms with Gasteiger partial charge in [0.15, 0.2) is 0 Å². The summed E-state index contributed by atoms with van der Waals surface area (Å²) in [5.74, 6) is 5.69. The Bertz CT molecular complexity index is 644. The van der Waals surface area contributed by atoms with Crippen molar-refractivity contribution >= 4 is 21.8 Å². The van der Waals surface area contributed by atoms with Crippen LogP contribution in [0.2, 0.25) is 0 Å². The average molecular weight is 349 g/mol. The molecule has 4 nitrogen and oxygen atoms in total. The summed E-state index contributed by atoms with van der Waals surface area (Å²) in [5, 5.41) is 0. The number of rotatable bonds is 5. The molecule has 3 N–H and O–H groups in total. The molecule has 5 heteroatoms. The Hall–Kier alpha value is -1.85. The highest BCUT2D eigenvalue weighted by molar-refractivity contribution is 9.10. The van der Waals surface area contributed by atoms with Gasteiger partial charge in [0.1, 0.15) is 12.4 Å². The third-order valence-electron chi connectivity index (χ3n) is 3.10. The predicted octanol–water partition coefficient (Wildman–Crippen LogP) is 2.87. The lowest BCUT2D eigenvalue weighted by Crippen LogP contribution is -2.31. The lowest BCUT2D eigenvalue weighted by Gasteiger charge is -2.12. The van der Waals surface area contributed by atoms with Crippen molar-refractivity contribution in [1.29, 1.82) is 0 Å². The van der Waals surface area contributed by atoms with E-state index in [0.717, 1.165) is 26.9 Å². The van der Waals surface area contributed by atoms with Gasteiger partial charge in [0.05, 0.1) is 10.9 Å². The minimum Gasteiger partial charge on any atom is -0.488 e. The molecule has 0 saturated heterocycles. The van der Waals surface area contributed by atoms with Crippen LogP contribution < -0.4 is 16.0 Å². The Kier molecular flexibility index (Phi) is 5.36. The fourth-order valence-corrected chi connectivity index (χ4v) is 2.58. The van der Waals surface area contributed by atoms with Crippen LogP contribution in [-0.4, -0.2) is 5.91 Å². The molecular formula is C16H17BrN2O2. The summed E-state index contributed by atoms with van der Waals surface area (Å²) in [6.45, 7) is 2.42. The van der Waals surface area contributed by atoms with Crippen molar-refractivity contribution in [1.82, 2.24) is 5.43 Å². The fourth-order valence-electron chi connectivity index (χ4n) is 1.97. The molecule has 0 unspecified atom stereocenters. The zero-order valence-corrected chi connectivity index (χ0v) is 13.3. The third kappa shape index (κ3) is 4.31. The Morgan fingerprint density at radius 3 is 2.62 bits per heavy atom. The number of carbonyl (C=O) groups excluding carboxylic acids is 1. The summed E-state index contributed by atoms with van der Waals surface area (Å²) in [6.07, 6.45) is 0.241. The van der Waals surface area contributed by atoms with Crippen molar-refractivity contribution in [3.05, 3.63) is 63.6 Å². The second-order valence-electron chi connectivity index (χ2n) is 4.74. The number of hydrogen-bond acceptors (Lipinski definition) is 3. The largest absolute Gasteiger partial charge is 0.488 e. The second kappa shape index (κ2) is 7.24. The molecule has 0 radical (unpaired) electrons. The van der Waals surface area contributed by atoms with Crippen molar-refractivity contribution in [2.45, 2.75) is 20.0 Å². The van der Waals surface area contributed by atoms with Crippen LogP contribution >= 0.6 is 15.9 Å². The van der Waals surface area contributed by atoms with Gasteiger partial charge >= 0.3 is 0 Å². The molecule has 0 saturated carbocycles. The van der Waals surface area contributed by atoms with E-state index in [1.807, 2.05) is 49.4 Å². The van der Waals surface area contributed by atoms with Gasteiger partial charge in [-0.2, -0.15) is 0 Å². The van der Waals surface area contributed by atoms with Gasteiger partial charge in [0, 0.05) is 0 Å². The van der Waals surface area contributed by atoms with E-state index < -0.39 is 0 Å². The maximum atomic E-state index is 11.4. The van der Waals surface area contributed by atoms with E-state index in [-0.39, 0.29) is 12.3 Å². The third-order valence-corrected chi connectivity index (χ3v) is 3.72. The molecule has 2 aromatic rings. The maximum Gasteiger partial charge on any atom is 0.238 e. The standard InChI is InChI=1S/C16H17BrN2O2/c1-11-6-7-15(14(17)8-11)21-10-13-5-3-2-4-12(13)9-16(20)19-18/h2-8H,9-10,18H2,1H3,(H,19,20). The van der Waals surface area contributed by atoms with Crippen LogP contribution in [0.3, 0.4) is 0 Å². The monoisotopic (exact) mass is 348 g/mol. The van der Waals surface area contributed by atoms with Gasteiger partial charge in [-0.25, -0.2) is 5.84 Å². The number of hydrazine groups is 1. The molecule has 0 heterocycles. The van der Waals surface area contributed by atoms with Crippen LogP contribution in [0.15, 0.2) is 46.9 Å². The minimum atomic E-state index is -0.223. The summed E-state index contributed by atoms with van der Waals surface area (Å²) in [4.78, 5) is 11.4. The van der Waals surface area contributed by atoms with E-state index in [2.05, 4.69) is 21.4 Å². The Labute approximate surface area is 132 Å². The molecule has 21 heavy (non-hydrogen) atoms. The second-order valence-corrected chi connectivity index (χ2v) is 5.59. The lowest BCUT2D eigenvalue weighted by molar-refractivity contribution is -0.120. The van der Waals surface area contributed by atoms with E-state index in [1.54, 1.807) is 0 Å². The highest BCUT2D eigenvalue weighted by Crippen LogP contribution is 2.26. The van der Waals surface area contributed by atoms with Crippen molar-refractivity contribution in [2.24, 2.45) is 5.84 Å². The quantitative estimate of drug-likeness (QED) is 0.496. The zero-order chi connectivity index (χ0) is 15.2. The molecule has 0 spiro atoms. The van der Waals surface area contributed by atoms with Gasteiger partial charge in [0.2, 0.25) is 5.91 Å². The van der Waals surface area contributed by atoms with Crippen molar-refractivity contribution in [3.8, 4) is 5.75 Å². The first-order chi connectivity index (χ1) is 10.1. The average Bonchev–Trinajstić information content (AvgIpc) is 2.47. The number of aryl methyl sites for hydroxylation is 1. The lowest BCUT2D eigenvalue weighted by atomic mass is 10.1. The molecule has 2 aromatic carbocycles. The summed E-state index contributed by atoms with van der Waals surface area (Å²) >= 11 is 3.49. The molecule has 0 aliphatic heterocycles. The van der Waals surface area contributed by atoms with Crippen LogP contribution in [0.4, 0.5) is 0 Å². The molecule has 0 bridgehead atoms. The summed E-state index contributed by atoms with van der Waals surface area (Å²) in [6, 6.07) is 13.6. The number of halogens is 1. The molecule has 110 valence electrons. The predicted molar refractivity (Wildman–Crippen MR) is 85.7 cm³/mol. The van der Waals surface area contributed by atoms with Gasteiger partial charge in [0.25, 0.3) is 0 Å². The molecule has 2 rings (SSSR count). The topological polar surface area (TPSA) is 64.3 Å². The number of amides is 1. The van der Waals surface area contributed by atoms with Gasteiger partial charge in [-0.15, -0.1) is 0 Å². The zero-order valence-electron chi connectivity index (χ0n) is 11.7. The summed E-state index contributed by atoms with van der Waals surface area (Å²) < 4.78 is 6.74. The smallest absolute Gasteiger partial charge is 0.238 e. The van der Waals surface area contributed by atoms with Crippen molar-refractivity contribution in [2.75, 3.05) is 0 Å². The highest BCUT2D eigenvalue weighted by Gasteiger charge is 2.08. The summed E-state index contributed by atoms with van der Waals surface area (Å²) in [5.41, 5.74) is 5.18. The SMILES string of the molecule is Cc1ccc(OCc2ccccc2CC(=O)NN)c(Br)c1. The van der Waals surface area contributed by atoms with Crippen LogP contribution in [0.5, 0.6) is 5.75 Å². The molecule has 0 aliphatic carbocycles. The first-order valence-corrected chi connectivity index (χ1v) is 7.34. The number of nitrogens with one attached hydrogen (secondary N) is 1. The van der Waals surface area contributed by atoms with Crippen LogP contribution in [0.25, 0.3) is 0 Å². The molecule has 0 fully saturated rings. The Morgan fingerprint density at radius 1 is 1.24 bits per heavy atom. The summed E-state index contributed by atoms with van der Waals surface area (Å²) in [7, 11) is 0. The number of benzene rings is 2. The minimum absolute atomic E-state index is 0.223. The van der Waals surface area contributed by atoms with Gasteiger partial charge < -0.3 is 4.74 Å². The van der Waals surface area contributed by atoms with E-state index in [4.69, 9.17) is 10.6 Å². The normalized spacial score (nSPS) is 10.2. The Morgan fingerprint density at radius 2 is 1.95 bits per heavy atom. The molecular weight excluding hydrogens is 332 g/mol. The van der Waals surface area contributed by atoms with E-state index in [0.29, 0.717) is 6.61 Å². The van der Waals surface area contributed by atoms with Gasteiger partial charge in [-0.1, -0.05) is 30.3 Å².